The molecule has 4 heterocycles. The van der Waals surface area contributed by atoms with Crippen molar-refractivity contribution in [2.24, 2.45) is 0 Å². The van der Waals surface area contributed by atoms with Gasteiger partial charge in [0.15, 0.2) is 0 Å². The molecule has 0 saturated carbocycles. The van der Waals surface area contributed by atoms with Crippen molar-refractivity contribution in [3.63, 3.8) is 0 Å². The van der Waals surface area contributed by atoms with Crippen molar-refractivity contribution in [3.8, 4) is 0 Å². The van der Waals surface area contributed by atoms with Gasteiger partial charge in [-0.25, -0.2) is 9.78 Å². The SMILES string of the molecule is CN1C2COCC1CC(NC(=O)c1cn(C(C)(C)C(F)(F)F)c3ncccc13)C2.O=C(O)C(F)(F)F. The molecule has 2 fully saturated rings. The van der Waals surface area contributed by atoms with Crippen LogP contribution >= 0.6 is 0 Å². The highest BCUT2D eigenvalue weighted by atomic mass is 19.4. The first kappa shape index (κ1) is 27.7. The summed E-state index contributed by atoms with van der Waals surface area (Å²) in [6.07, 6.45) is -5.35. The molecular weight excluding hydrogens is 498 g/mol. The van der Waals surface area contributed by atoms with Crippen LogP contribution in [0.3, 0.4) is 0 Å². The lowest BCUT2D eigenvalue weighted by Crippen LogP contribution is -2.59. The predicted octanol–water partition coefficient (Wildman–Crippen LogP) is 3.56. The Labute approximate surface area is 202 Å². The predicted molar refractivity (Wildman–Crippen MR) is 115 cm³/mol. The first-order chi connectivity index (χ1) is 16.5. The van der Waals surface area contributed by atoms with E-state index in [-0.39, 0.29) is 35.2 Å². The molecule has 2 unspecified atom stereocenters. The van der Waals surface area contributed by atoms with Gasteiger partial charge in [0.05, 0.1) is 18.8 Å². The van der Waals surface area contributed by atoms with Crippen LogP contribution in [0.15, 0.2) is 24.5 Å². The molecule has 2 atom stereocenters. The van der Waals surface area contributed by atoms with E-state index in [1.165, 1.54) is 12.4 Å². The van der Waals surface area contributed by atoms with Crippen molar-refractivity contribution < 1.29 is 45.8 Å². The van der Waals surface area contributed by atoms with Gasteiger partial charge < -0.3 is 19.7 Å². The molecule has 8 nitrogen and oxygen atoms in total. The van der Waals surface area contributed by atoms with Crippen LogP contribution in [0.25, 0.3) is 11.0 Å². The Morgan fingerprint density at radius 2 is 1.67 bits per heavy atom. The van der Waals surface area contributed by atoms with Gasteiger partial charge in [-0.3, -0.25) is 9.69 Å². The van der Waals surface area contributed by atoms with Crippen LogP contribution < -0.4 is 5.32 Å². The lowest BCUT2D eigenvalue weighted by atomic mass is 9.90. The number of likely N-dealkylation sites (N-methyl/N-ethyl adjacent to an activating group) is 1. The zero-order chi connectivity index (χ0) is 27.1. The summed E-state index contributed by atoms with van der Waals surface area (Å²) in [5.41, 5.74) is -1.83. The number of morpholine rings is 1. The van der Waals surface area contributed by atoms with Gasteiger partial charge in [-0.15, -0.1) is 0 Å². The van der Waals surface area contributed by atoms with Gasteiger partial charge in [-0.1, -0.05) is 0 Å². The Morgan fingerprint density at radius 3 is 2.17 bits per heavy atom. The van der Waals surface area contributed by atoms with Crippen molar-refractivity contribution in [3.05, 3.63) is 30.1 Å². The Morgan fingerprint density at radius 1 is 1.11 bits per heavy atom. The number of carboxylic acids is 1. The molecule has 36 heavy (non-hydrogen) atoms. The number of alkyl halides is 6. The van der Waals surface area contributed by atoms with E-state index in [9.17, 15) is 31.1 Å². The maximum atomic E-state index is 13.6. The van der Waals surface area contributed by atoms with Gasteiger partial charge in [0, 0.05) is 35.9 Å². The molecule has 2 bridgehead atoms. The summed E-state index contributed by atoms with van der Waals surface area (Å²) in [6.45, 7) is 3.42. The van der Waals surface area contributed by atoms with Crippen molar-refractivity contribution in [1.82, 2.24) is 19.8 Å². The number of carboxylic acid groups (broad SMARTS) is 1. The number of carbonyl (C=O) groups is 2. The number of pyridine rings is 1. The number of rotatable bonds is 3. The van der Waals surface area contributed by atoms with Crippen molar-refractivity contribution in [2.45, 2.75) is 62.7 Å². The molecule has 0 aromatic carbocycles. The highest BCUT2D eigenvalue weighted by molar-refractivity contribution is 6.06. The number of aliphatic carboxylic acids is 1. The third-order valence-electron chi connectivity index (χ3n) is 6.57. The molecule has 4 rings (SSSR count). The highest BCUT2D eigenvalue weighted by Gasteiger charge is 2.50. The van der Waals surface area contributed by atoms with Crippen LogP contribution in [-0.2, 0) is 15.1 Å². The summed E-state index contributed by atoms with van der Waals surface area (Å²) >= 11 is 0. The molecule has 2 aliphatic rings. The van der Waals surface area contributed by atoms with Crippen LogP contribution in [-0.4, -0.2) is 82.2 Å². The fourth-order valence-electron chi connectivity index (χ4n) is 4.28. The zero-order valence-electron chi connectivity index (χ0n) is 19.7. The van der Waals surface area contributed by atoms with Crippen molar-refractivity contribution in [1.29, 1.82) is 0 Å². The smallest absolute Gasteiger partial charge is 0.475 e. The molecule has 2 aliphatic heterocycles. The summed E-state index contributed by atoms with van der Waals surface area (Å²) in [5, 5.41) is 10.6. The second-order valence-electron chi connectivity index (χ2n) is 9.30. The summed E-state index contributed by atoms with van der Waals surface area (Å²) < 4.78 is 79.3. The van der Waals surface area contributed by atoms with Gasteiger partial charge in [0.1, 0.15) is 11.2 Å². The summed E-state index contributed by atoms with van der Waals surface area (Å²) in [6, 6.07) is 3.70. The maximum absolute atomic E-state index is 13.6. The van der Waals surface area contributed by atoms with Crippen LogP contribution in [0.5, 0.6) is 0 Å². The van der Waals surface area contributed by atoms with Gasteiger partial charge in [-0.2, -0.15) is 26.3 Å². The molecule has 0 radical (unpaired) electrons. The monoisotopic (exact) mass is 524 g/mol. The fraction of sp³-hybridized carbons (Fsp3) is 0.591. The summed E-state index contributed by atoms with van der Waals surface area (Å²) in [5.74, 6) is -3.12. The molecule has 2 aromatic rings. The summed E-state index contributed by atoms with van der Waals surface area (Å²) in [7, 11) is 2.06. The Balaban J connectivity index is 0.000000454. The molecule has 14 heteroatoms. The number of aromatic nitrogens is 2. The van der Waals surface area contributed by atoms with E-state index in [1.807, 2.05) is 0 Å². The molecule has 0 spiro atoms. The minimum absolute atomic E-state index is 0.0386. The third-order valence-corrected chi connectivity index (χ3v) is 6.57. The molecule has 200 valence electrons. The van der Waals surface area contributed by atoms with E-state index >= 15 is 0 Å². The van der Waals surface area contributed by atoms with Crippen LogP contribution in [0.4, 0.5) is 26.3 Å². The Hall–Kier alpha value is -2.87. The number of nitrogens with one attached hydrogen (secondary N) is 1. The minimum atomic E-state index is -5.08. The number of hydrogen-bond acceptors (Lipinski definition) is 5. The van der Waals surface area contributed by atoms with Gasteiger partial charge >= 0.3 is 18.3 Å². The number of carbonyl (C=O) groups excluding carboxylic acids is 1. The number of amides is 1. The lowest BCUT2D eigenvalue weighted by Gasteiger charge is -2.46. The van der Waals surface area contributed by atoms with Gasteiger partial charge in [0.25, 0.3) is 5.91 Å². The lowest BCUT2D eigenvalue weighted by molar-refractivity contribution is -0.201. The number of fused-ring (bicyclic) bond motifs is 3. The van der Waals surface area contributed by atoms with E-state index in [0.717, 1.165) is 31.3 Å². The maximum Gasteiger partial charge on any atom is 0.490 e. The second kappa shape index (κ2) is 9.88. The Bertz CT molecular complexity index is 1100. The average molecular weight is 524 g/mol. The highest BCUT2D eigenvalue weighted by Crippen LogP contribution is 2.39. The summed E-state index contributed by atoms with van der Waals surface area (Å²) in [4.78, 5) is 28.3. The third kappa shape index (κ3) is 5.59. The number of halogens is 6. The van der Waals surface area contributed by atoms with Crippen molar-refractivity contribution >= 4 is 22.9 Å². The molecule has 2 saturated heterocycles. The fourth-order valence-corrected chi connectivity index (χ4v) is 4.28. The number of ether oxygens (including phenoxy) is 1. The normalized spacial score (nSPS) is 23.1. The molecular formula is C22H26F6N4O4. The van der Waals surface area contributed by atoms with Crippen LogP contribution in [0, 0.1) is 0 Å². The van der Waals surface area contributed by atoms with Crippen molar-refractivity contribution in [2.75, 3.05) is 20.3 Å². The standard InChI is InChI=1S/C20H25F3N4O2.C2HF3O2/c1-19(2,20(21,22)23)27-9-16(15-5-4-6-24-17(15)27)18(28)25-12-7-13-10-29-11-14(8-12)26(13)3;3-2(4,5)1(6)7/h4-6,9,12-14H,7-8,10-11H2,1-3H3,(H,25,28);(H,6,7). The first-order valence-corrected chi connectivity index (χ1v) is 11.0. The quantitative estimate of drug-likeness (QED) is 0.597. The van der Waals surface area contributed by atoms with E-state index in [2.05, 4.69) is 22.2 Å². The Kier molecular flexibility index (Phi) is 7.61. The number of hydrogen-bond donors (Lipinski definition) is 2. The molecule has 1 amide bonds. The average Bonchev–Trinajstić information content (AvgIpc) is 3.14. The topological polar surface area (TPSA) is 96.7 Å². The molecule has 2 aromatic heterocycles. The minimum Gasteiger partial charge on any atom is -0.475 e. The second-order valence-corrected chi connectivity index (χ2v) is 9.30. The van der Waals surface area contributed by atoms with Gasteiger partial charge in [0.2, 0.25) is 0 Å². The zero-order valence-corrected chi connectivity index (χ0v) is 19.7. The van der Waals surface area contributed by atoms with Crippen LogP contribution in [0.2, 0.25) is 0 Å². The van der Waals surface area contributed by atoms with E-state index in [1.54, 1.807) is 12.1 Å². The van der Waals surface area contributed by atoms with E-state index < -0.39 is 23.9 Å². The molecule has 2 N–H and O–H groups in total. The van der Waals surface area contributed by atoms with Gasteiger partial charge in [-0.05, 0) is 45.9 Å². The number of nitrogens with zero attached hydrogens (tertiary/aromatic N) is 3. The first-order valence-electron chi connectivity index (χ1n) is 11.0. The van der Waals surface area contributed by atoms with Crippen LogP contribution in [0.1, 0.15) is 37.0 Å². The van der Waals surface area contributed by atoms with E-state index in [4.69, 9.17) is 14.6 Å². The molecule has 0 aliphatic carbocycles. The largest absolute Gasteiger partial charge is 0.490 e. The van der Waals surface area contributed by atoms with E-state index in [0.29, 0.717) is 18.6 Å². The number of piperidine rings is 1.